The van der Waals surface area contributed by atoms with E-state index < -0.39 is 21.9 Å². The number of pyridine rings is 2. The highest BCUT2D eigenvalue weighted by atomic mass is 79.9. The molecule has 0 saturated heterocycles. The fourth-order valence-corrected chi connectivity index (χ4v) is 4.81. The number of para-hydroxylation sites is 1. The van der Waals surface area contributed by atoms with Crippen LogP contribution < -0.4 is 18.9 Å². The topological polar surface area (TPSA) is 151 Å². The second-order valence-corrected chi connectivity index (χ2v) is 10.2. The van der Waals surface area contributed by atoms with Crippen LogP contribution in [0.2, 0.25) is 0 Å². The van der Waals surface area contributed by atoms with Gasteiger partial charge in [-0.25, -0.2) is 13.4 Å². The van der Waals surface area contributed by atoms with Gasteiger partial charge in [-0.05, 0) is 46.3 Å². The average molecular weight is 591 g/mol. The van der Waals surface area contributed by atoms with Crippen molar-refractivity contribution in [2.24, 2.45) is 0 Å². The molecule has 3 heterocycles. The lowest BCUT2D eigenvalue weighted by Gasteiger charge is -2.18. The van der Waals surface area contributed by atoms with Gasteiger partial charge in [-0.2, -0.15) is 0 Å². The van der Waals surface area contributed by atoms with Crippen LogP contribution in [-0.2, 0) is 10.0 Å². The van der Waals surface area contributed by atoms with Crippen molar-refractivity contribution < 1.29 is 27.7 Å². The molecule has 12 nitrogen and oxygen atoms in total. The molecule has 194 valence electrons. The zero-order chi connectivity index (χ0) is 26.6. The van der Waals surface area contributed by atoms with Crippen LogP contribution in [-0.4, -0.2) is 65.3 Å². The number of halogens is 1. The summed E-state index contributed by atoms with van der Waals surface area (Å²) in [6.45, 7) is 0. The Bertz CT molecular complexity index is 1470. The number of benzene rings is 1. The van der Waals surface area contributed by atoms with Gasteiger partial charge < -0.3 is 19.3 Å². The van der Waals surface area contributed by atoms with E-state index in [1.165, 1.54) is 38.2 Å². The van der Waals surface area contributed by atoms with Crippen molar-refractivity contribution in [3.8, 4) is 34.6 Å². The number of aliphatic hydroxyl groups excluding tert-OH is 1. The average Bonchev–Trinajstić information content (AvgIpc) is 3.30. The number of sulfonamides is 1. The minimum atomic E-state index is -4.15. The Balaban J connectivity index is 1.80. The fraction of sp³-hybridized carbons (Fsp3) is 0.217. The fourth-order valence-electron chi connectivity index (χ4n) is 3.49. The predicted octanol–water partition coefficient (Wildman–Crippen LogP) is 2.99. The molecule has 1 aromatic carbocycles. The van der Waals surface area contributed by atoms with Crippen molar-refractivity contribution in [1.82, 2.24) is 24.7 Å². The molecule has 0 fully saturated rings. The minimum Gasteiger partial charge on any atom is -0.494 e. The van der Waals surface area contributed by atoms with Crippen LogP contribution in [0, 0.1) is 0 Å². The number of anilines is 1. The first-order valence-corrected chi connectivity index (χ1v) is 13.2. The molecule has 0 amide bonds. The van der Waals surface area contributed by atoms with Gasteiger partial charge in [0.25, 0.3) is 0 Å². The Morgan fingerprint density at radius 2 is 1.70 bits per heavy atom. The van der Waals surface area contributed by atoms with E-state index in [-0.39, 0.29) is 17.5 Å². The maximum atomic E-state index is 13.1. The first kappa shape index (κ1) is 26.3. The standard InChI is InChI=1S/C23H23BrN6O6S/c1-34-18-7-5-8-19(35-2)21(18)30-22(16-6-4-9-20(26-16)36-3)27-28-23(30)29-37(32,33)13-17(31)15-11-10-14(24)12-25-15/h4-12,17,31H,13H2,1-3H3,(H,28,29)/t17-/m1/s1. The highest BCUT2D eigenvalue weighted by Crippen LogP contribution is 2.37. The highest BCUT2D eigenvalue weighted by molar-refractivity contribution is 9.10. The summed E-state index contributed by atoms with van der Waals surface area (Å²) in [4.78, 5) is 8.47. The van der Waals surface area contributed by atoms with Crippen LogP contribution in [0.15, 0.2) is 59.2 Å². The summed E-state index contributed by atoms with van der Waals surface area (Å²) in [5.74, 6) is 0.398. The molecule has 2 N–H and O–H groups in total. The third kappa shape index (κ3) is 5.81. The molecule has 0 radical (unpaired) electrons. The predicted molar refractivity (Wildman–Crippen MR) is 139 cm³/mol. The molecule has 0 saturated carbocycles. The van der Waals surface area contributed by atoms with E-state index in [4.69, 9.17) is 14.2 Å². The van der Waals surface area contributed by atoms with Gasteiger partial charge in [-0.3, -0.25) is 14.3 Å². The van der Waals surface area contributed by atoms with Gasteiger partial charge in [0.2, 0.25) is 21.9 Å². The number of nitrogens with one attached hydrogen (secondary N) is 1. The molecule has 0 aliphatic heterocycles. The molecule has 37 heavy (non-hydrogen) atoms. The molecule has 0 aliphatic rings. The number of methoxy groups -OCH3 is 3. The van der Waals surface area contributed by atoms with Gasteiger partial charge in [0, 0.05) is 16.7 Å². The SMILES string of the molecule is COc1cccc(-c2nnc(NS(=O)(=O)C[C@@H](O)c3ccc(Br)cn3)n2-c2c(OC)cccc2OC)n1. The van der Waals surface area contributed by atoms with Crippen LogP contribution in [0.1, 0.15) is 11.8 Å². The van der Waals surface area contributed by atoms with Gasteiger partial charge in [-0.1, -0.05) is 12.1 Å². The molecule has 14 heteroatoms. The van der Waals surface area contributed by atoms with Gasteiger partial charge in [0.15, 0.2) is 5.82 Å². The smallest absolute Gasteiger partial charge is 0.243 e. The highest BCUT2D eigenvalue weighted by Gasteiger charge is 2.27. The van der Waals surface area contributed by atoms with E-state index in [1.54, 1.807) is 42.5 Å². The van der Waals surface area contributed by atoms with Crippen molar-refractivity contribution in [2.75, 3.05) is 31.8 Å². The zero-order valence-electron chi connectivity index (χ0n) is 20.0. The molecule has 0 aliphatic carbocycles. The summed E-state index contributed by atoms with van der Waals surface area (Å²) in [6, 6.07) is 13.3. The summed E-state index contributed by atoms with van der Waals surface area (Å²) in [5, 5.41) is 18.8. The number of hydrogen-bond donors (Lipinski definition) is 2. The summed E-state index contributed by atoms with van der Waals surface area (Å²) < 4.78 is 47.0. The molecule has 3 aromatic heterocycles. The van der Waals surface area contributed by atoms with Crippen molar-refractivity contribution in [3.05, 3.63) is 64.9 Å². The zero-order valence-corrected chi connectivity index (χ0v) is 22.4. The van der Waals surface area contributed by atoms with Crippen molar-refractivity contribution in [2.45, 2.75) is 6.10 Å². The van der Waals surface area contributed by atoms with Crippen LogP contribution in [0.3, 0.4) is 0 Å². The quantitative estimate of drug-likeness (QED) is 0.282. The molecule has 0 bridgehead atoms. The van der Waals surface area contributed by atoms with E-state index in [0.717, 1.165) is 0 Å². The number of aromatic nitrogens is 5. The monoisotopic (exact) mass is 590 g/mol. The second kappa shape index (κ2) is 11.1. The van der Waals surface area contributed by atoms with Crippen LogP contribution in [0.25, 0.3) is 17.2 Å². The number of nitrogens with zero attached hydrogens (tertiary/aromatic N) is 5. The second-order valence-electron chi connectivity index (χ2n) is 7.56. The summed E-state index contributed by atoms with van der Waals surface area (Å²) in [6.07, 6.45) is 0.0821. The largest absolute Gasteiger partial charge is 0.494 e. The molecular formula is C23H23BrN6O6S. The maximum Gasteiger partial charge on any atom is 0.243 e. The Morgan fingerprint density at radius 3 is 2.32 bits per heavy atom. The Morgan fingerprint density at radius 1 is 1.00 bits per heavy atom. The minimum absolute atomic E-state index is 0.168. The van der Waals surface area contributed by atoms with Gasteiger partial charge >= 0.3 is 0 Å². The van der Waals surface area contributed by atoms with Crippen LogP contribution in [0.5, 0.6) is 17.4 Å². The first-order valence-electron chi connectivity index (χ1n) is 10.7. The van der Waals surface area contributed by atoms with E-state index >= 15 is 0 Å². The normalized spacial score (nSPS) is 12.1. The number of ether oxygens (including phenoxy) is 3. The number of hydrogen-bond acceptors (Lipinski definition) is 10. The van der Waals surface area contributed by atoms with Crippen molar-refractivity contribution >= 4 is 31.9 Å². The van der Waals surface area contributed by atoms with E-state index in [0.29, 0.717) is 33.2 Å². The Labute approximate surface area is 221 Å². The summed E-state index contributed by atoms with van der Waals surface area (Å²) >= 11 is 3.26. The lowest BCUT2D eigenvalue weighted by molar-refractivity contribution is 0.197. The van der Waals surface area contributed by atoms with E-state index in [2.05, 4.69) is 40.8 Å². The summed E-state index contributed by atoms with van der Waals surface area (Å²) in [5.41, 5.74) is 0.886. The van der Waals surface area contributed by atoms with Gasteiger partial charge in [0.05, 0.1) is 27.0 Å². The van der Waals surface area contributed by atoms with Crippen LogP contribution >= 0.6 is 15.9 Å². The van der Waals surface area contributed by atoms with E-state index in [9.17, 15) is 13.5 Å². The third-order valence-electron chi connectivity index (χ3n) is 5.17. The van der Waals surface area contributed by atoms with E-state index in [1.807, 2.05) is 0 Å². The lowest BCUT2D eigenvalue weighted by Crippen LogP contribution is -2.24. The Kier molecular flexibility index (Phi) is 7.90. The molecular weight excluding hydrogens is 568 g/mol. The van der Waals surface area contributed by atoms with Crippen molar-refractivity contribution in [3.63, 3.8) is 0 Å². The maximum absolute atomic E-state index is 13.1. The van der Waals surface area contributed by atoms with Gasteiger partial charge in [-0.15, -0.1) is 10.2 Å². The lowest BCUT2D eigenvalue weighted by atomic mass is 10.2. The molecule has 1 atom stereocenters. The molecule has 0 unspecified atom stereocenters. The summed E-state index contributed by atoms with van der Waals surface area (Å²) in [7, 11) is 0.272. The number of rotatable bonds is 10. The van der Waals surface area contributed by atoms with Crippen molar-refractivity contribution in [1.29, 1.82) is 0 Å². The third-order valence-corrected chi connectivity index (χ3v) is 6.88. The van der Waals surface area contributed by atoms with Gasteiger partial charge in [0.1, 0.15) is 34.7 Å². The first-order chi connectivity index (χ1) is 17.8. The Hall–Kier alpha value is -3.75. The van der Waals surface area contributed by atoms with Crippen LogP contribution in [0.4, 0.5) is 5.95 Å². The molecule has 0 spiro atoms. The molecule has 4 rings (SSSR count). The molecule has 4 aromatic rings. The number of aliphatic hydroxyl groups is 1.